The van der Waals surface area contributed by atoms with Gasteiger partial charge in [0.25, 0.3) is 0 Å². The van der Waals surface area contributed by atoms with Crippen LogP contribution in [0.3, 0.4) is 0 Å². The van der Waals surface area contributed by atoms with Crippen molar-refractivity contribution in [3.05, 3.63) is 0 Å². The second-order valence-electron chi connectivity index (χ2n) is 3.76. The SMILES string of the molecule is CCC(C(=O)O)C(C(=O)O)C(CC(=O)O)C(=O)O. The lowest BCUT2D eigenvalue weighted by atomic mass is 9.78. The summed E-state index contributed by atoms with van der Waals surface area (Å²) in [6.45, 7) is 1.40. The zero-order valence-corrected chi connectivity index (χ0v) is 9.57. The molecule has 8 heteroatoms. The van der Waals surface area contributed by atoms with Crippen molar-refractivity contribution < 1.29 is 39.6 Å². The topological polar surface area (TPSA) is 149 Å². The van der Waals surface area contributed by atoms with Gasteiger partial charge < -0.3 is 20.4 Å². The van der Waals surface area contributed by atoms with Gasteiger partial charge in [0.2, 0.25) is 0 Å². The summed E-state index contributed by atoms with van der Waals surface area (Å²) in [6.07, 6.45) is -1.04. The number of aliphatic carboxylic acids is 4. The molecule has 8 nitrogen and oxygen atoms in total. The molecule has 0 aromatic carbocycles. The van der Waals surface area contributed by atoms with Gasteiger partial charge in [0.1, 0.15) is 0 Å². The Bertz CT molecular complexity index is 361. The van der Waals surface area contributed by atoms with Crippen molar-refractivity contribution in [2.75, 3.05) is 0 Å². The predicted octanol–water partition coefficient (Wildman–Crippen LogP) is -0.0265. The molecule has 0 bridgehead atoms. The summed E-state index contributed by atoms with van der Waals surface area (Å²) in [4.78, 5) is 43.3. The van der Waals surface area contributed by atoms with Crippen molar-refractivity contribution in [1.82, 2.24) is 0 Å². The first-order chi connectivity index (χ1) is 8.22. The monoisotopic (exact) mass is 262 g/mol. The summed E-state index contributed by atoms with van der Waals surface area (Å²) in [6, 6.07) is 0. The number of carboxylic acid groups (broad SMARTS) is 4. The van der Waals surface area contributed by atoms with E-state index in [9.17, 15) is 19.2 Å². The largest absolute Gasteiger partial charge is 0.481 e. The fourth-order valence-corrected chi connectivity index (χ4v) is 1.76. The van der Waals surface area contributed by atoms with E-state index in [-0.39, 0.29) is 6.42 Å². The van der Waals surface area contributed by atoms with Crippen LogP contribution in [-0.2, 0) is 19.2 Å². The van der Waals surface area contributed by atoms with Gasteiger partial charge in [-0.05, 0) is 6.42 Å². The minimum Gasteiger partial charge on any atom is -0.481 e. The van der Waals surface area contributed by atoms with Crippen molar-refractivity contribution in [3.8, 4) is 0 Å². The summed E-state index contributed by atoms with van der Waals surface area (Å²) in [5.74, 6) is -11.2. The zero-order chi connectivity index (χ0) is 14.5. The van der Waals surface area contributed by atoms with Gasteiger partial charge in [0.05, 0.1) is 24.2 Å². The standard InChI is InChI=1S/C10H14O8/c1-2-4(8(13)14)7(10(17)18)5(9(15)16)3-6(11)12/h4-5,7H,2-3H2,1H3,(H,11,12)(H,13,14)(H,15,16)(H,17,18). The molecule has 18 heavy (non-hydrogen) atoms. The Morgan fingerprint density at radius 3 is 1.50 bits per heavy atom. The van der Waals surface area contributed by atoms with E-state index < -0.39 is 48.1 Å². The summed E-state index contributed by atoms with van der Waals surface area (Å²) in [5.41, 5.74) is 0. The maximum absolute atomic E-state index is 11.0. The lowest BCUT2D eigenvalue weighted by Gasteiger charge is -2.23. The van der Waals surface area contributed by atoms with Gasteiger partial charge in [-0.3, -0.25) is 19.2 Å². The summed E-state index contributed by atoms with van der Waals surface area (Å²) < 4.78 is 0. The highest BCUT2D eigenvalue weighted by Gasteiger charge is 2.43. The Kier molecular flexibility index (Phi) is 5.80. The lowest BCUT2D eigenvalue weighted by molar-refractivity contribution is -0.164. The molecule has 3 unspecified atom stereocenters. The van der Waals surface area contributed by atoms with Crippen molar-refractivity contribution in [1.29, 1.82) is 0 Å². The van der Waals surface area contributed by atoms with Gasteiger partial charge in [-0.15, -0.1) is 0 Å². The van der Waals surface area contributed by atoms with Gasteiger partial charge in [-0.25, -0.2) is 0 Å². The summed E-state index contributed by atoms with van der Waals surface area (Å²) in [7, 11) is 0. The molecule has 0 heterocycles. The van der Waals surface area contributed by atoms with E-state index in [1.54, 1.807) is 0 Å². The molecule has 0 aliphatic rings. The predicted molar refractivity (Wildman–Crippen MR) is 55.9 cm³/mol. The van der Waals surface area contributed by atoms with Crippen LogP contribution in [0.4, 0.5) is 0 Å². The minimum atomic E-state index is -1.78. The highest BCUT2D eigenvalue weighted by atomic mass is 16.4. The first-order valence-electron chi connectivity index (χ1n) is 5.12. The molecule has 0 amide bonds. The molecule has 0 fully saturated rings. The van der Waals surface area contributed by atoms with Crippen molar-refractivity contribution in [2.45, 2.75) is 19.8 Å². The lowest BCUT2D eigenvalue weighted by Crippen LogP contribution is -2.39. The van der Waals surface area contributed by atoms with E-state index in [0.29, 0.717) is 0 Å². The zero-order valence-electron chi connectivity index (χ0n) is 9.57. The average Bonchev–Trinajstić information content (AvgIpc) is 2.21. The Morgan fingerprint density at radius 1 is 0.833 bits per heavy atom. The van der Waals surface area contributed by atoms with Crippen LogP contribution >= 0.6 is 0 Å². The fraction of sp³-hybridized carbons (Fsp3) is 0.600. The quantitative estimate of drug-likeness (QED) is 0.476. The van der Waals surface area contributed by atoms with E-state index in [2.05, 4.69) is 0 Å². The Hall–Kier alpha value is -2.12. The second-order valence-corrected chi connectivity index (χ2v) is 3.76. The molecular formula is C10H14O8. The van der Waals surface area contributed by atoms with Crippen LogP contribution < -0.4 is 0 Å². The number of rotatable bonds is 8. The van der Waals surface area contributed by atoms with Crippen LogP contribution in [0.5, 0.6) is 0 Å². The van der Waals surface area contributed by atoms with Gasteiger partial charge in [0, 0.05) is 0 Å². The Morgan fingerprint density at radius 2 is 1.28 bits per heavy atom. The number of carbonyl (C=O) groups is 4. The van der Waals surface area contributed by atoms with Crippen LogP contribution in [-0.4, -0.2) is 44.3 Å². The van der Waals surface area contributed by atoms with Crippen molar-refractivity contribution >= 4 is 23.9 Å². The third-order valence-electron chi connectivity index (χ3n) is 2.62. The van der Waals surface area contributed by atoms with Crippen LogP contribution in [0.2, 0.25) is 0 Å². The molecule has 0 saturated heterocycles. The van der Waals surface area contributed by atoms with E-state index in [4.69, 9.17) is 20.4 Å². The molecule has 0 aliphatic heterocycles. The van der Waals surface area contributed by atoms with Crippen molar-refractivity contribution in [3.63, 3.8) is 0 Å². The third-order valence-corrected chi connectivity index (χ3v) is 2.62. The smallest absolute Gasteiger partial charge is 0.308 e. The molecule has 0 aromatic heterocycles. The van der Waals surface area contributed by atoms with Crippen LogP contribution in [0.1, 0.15) is 19.8 Å². The second kappa shape index (κ2) is 6.58. The molecule has 0 rings (SSSR count). The minimum absolute atomic E-state index is 0.101. The highest BCUT2D eigenvalue weighted by Crippen LogP contribution is 2.28. The molecule has 0 saturated carbocycles. The van der Waals surface area contributed by atoms with E-state index in [1.807, 2.05) is 0 Å². The number of carboxylic acids is 4. The molecule has 0 spiro atoms. The molecule has 0 radical (unpaired) electrons. The molecule has 3 atom stereocenters. The van der Waals surface area contributed by atoms with Gasteiger partial charge in [0.15, 0.2) is 0 Å². The molecule has 0 aliphatic carbocycles. The first-order valence-corrected chi connectivity index (χ1v) is 5.12. The first kappa shape index (κ1) is 15.9. The van der Waals surface area contributed by atoms with E-state index in [1.165, 1.54) is 6.92 Å². The average molecular weight is 262 g/mol. The number of hydrogen-bond donors (Lipinski definition) is 4. The van der Waals surface area contributed by atoms with E-state index >= 15 is 0 Å². The maximum Gasteiger partial charge on any atom is 0.308 e. The number of hydrogen-bond acceptors (Lipinski definition) is 4. The normalized spacial score (nSPS) is 15.4. The van der Waals surface area contributed by atoms with Gasteiger partial charge in [-0.1, -0.05) is 6.92 Å². The Balaban J connectivity index is 5.39. The molecule has 0 aromatic rings. The van der Waals surface area contributed by atoms with Crippen LogP contribution in [0.15, 0.2) is 0 Å². The van der Waals surface area contributed by atoms with Gasteiger partial charge in [-0.2, -0.15) is 0 Å². The molecule has 102 valence electrons. The maximum atomic E-state index is 11.0. The summed E-state index contributed by atoms with van der Waals surface area (Å²) in [5, 5.41) is 35.2. The summed E-state index contributed by atoms with van der Waals surface area (Å²) >= 11 is 0. The van der Waals surface area contributed by atoms with Crippen LogP contribution in [0, 0.1) is 17.8 Å². The highest BCUT2D eigenvalue weighted by molar-refractivity contribution is 5.87. The fourth-order valence-electron chi connectivity index (χ4n) is 1.76. The van der Waals surface area contributed by atoms with Gasteiger partial charge >= 0.3 is 23.9 Å². The third kappa shape index (κ3) is 4.04. The molecular weight excluding hydrogens is 248 g/mol. The van der Waals surface area contributed by atoms with E-state index in [0.717, 1.165) is 0 Å². The Labute approximate surface area is 102 Å². The molecule has 4 N–H and O–H groups in total. The van der Waals surface area contributed by atoms with Crippen molar-refractivity contribution in [2.24, 2.45) is 17.8 Å². The van der Waals surface area contributed by atoms with Crippen LogP contribution in [0.25, 0.3) is 0 Å².